The minimum absolute atomic E-state index is 0.446. The van der Waals surface area contributed by atoms with Gasteiger partial charge < -0.3 is 10.2 Å². The molecule has 1 N–H and O–H groups in total. The van der Waals surface area contributed by atoms with Crippen LogP contribution < -0.4 is 10.2 Å². The van der Waals surface area contributed by atoms with E-state index in [1.165, 1.54) is 0 Å². The minimum Gasteiger partial charge on any atom is -0.489 e. The van der Waals surface area contributed by atoms with Crippen LogP contribution in [0.4, 0.5) is 0 Å². The van der Waals surface area contributed by atoms with Crippen molar-refractivity contribution in [3.05, 3.63) is 98.5 Å². The van der Waals surface area contributed by atoms with E-state index in [2.05, 4.69) is 10.5 Å². The third-order valence-electron chi connectivity index (χ3n) is 3.80. The van der Waals surface area contributed by atoms with E-state index in [0.29, 0.717) is 28.2 Å². The lowest BCUT2D eigenvalue weighted by molar-refractivity contribution is 0.306. The van der Waals surface area contributed by atoms with Crippen molar-refractivity contribution in [1.82, 2.24) is 5.43 Å². The number of hydrogen-bond acceptors (Lipinski definition) is 3. The van der Waals surface area contributed by atoms with Crippen molar-refractivity contribution in [3.8, 4) is 5.75 Å². The molecule has 0 heterocycles. The molecule has 0 atom stereocenters. The predicted octanol–water partition coefficient (Wildman–Crippen LogP) is 6.35. The fourth-order valence-corrected chi connectivity index (χ4v) is 3.04. The smallest absolute Gasteiger partial charge is 0.120 e. The number of nitrogens with zero attached hydrogens (tertiary/aromatic N) is 1. The lowest BCUT2D eigenvalue weighted by Crippen LogP contribution is -2.06. The summed E-state index contributed by atoms with van der Waals surface area (Å²) in [4.78, 5) is 0. The fourth-order valence-electron chi connectivity index (χ4n) is 2.38. The highest BCUT2D eigenvalue weighted by Gasteiger charge is 2.03. The van der Waals surface area contributed by atoms with Crippen molar-refractivity contribution in [3.63, 3.8) is 0 Å². The van der Waals surface area contributed by atoms with E-state index in [9.17, 15) is 0 Å². The maximum absolute atomic E-state index is 6.14. The molecule has 0 aliphatic carbocycles. The van der Waals surface area contributed by atoms with Crippen molar-refractivity contribution < 1.29 is 4.74 Å². The lowest BCUT2D eigenvalue weighted by Gasteiger charge is -2.07. The summed E-state index contributed by atoms with van der Waals surface area (Å²) in [6, 6.07) is 20.7. The summed E-state index contributed by atoms with van der Waals surface area (Å²) in [6.45, 7) is 0.919. The molecule has 138 valence electrons. The van der Waals surface area contributed by atoms with E-state index in [1.807, 2.05) is 54.6 Å². The van der Waals surface area contributed by atoms with Gasteiger partial charge in [0.2, 0.25) is 0 Å². The molecule has 0 saturated heterocycles. The van der Waals surface area contributed by atoms with E-state index < -0.39 is 0 Å². The van der Waals surface area contributed by atoms with Gasteiger partial charge in [-0.3, -0.25) is 0 Å². The molecule has 0 bridgehead atoms. The molecule has 0 aliphatic heterocycles. The van der Waals surface area contributed by atoms with Crippen LogP contribution in [-0.4, -0.2) is 6.21 Å². The monoisotopic (exact) mass is 418 g/mol. The van der Waals surface area contributed by atoms with Crippen molar-refractivity contribution in [2.45, 2.75) is 13.2 Å². The minimum atomic E-state index is 0.446. The van der Waals surface area contributed by atoms with E-state index in [0.717, 1.165) is 22.4 Å². The summed E-state index contributed by atoms with van der Waals surface area (Å²) < 4.78 is 5.82. The SMILES string of the molecule is Clc1ccc(COc2cccc(/C=N/NCc3c(Cl)cccc3Cl)c2)cc1. The summed E-state index contributed by atoms with van der Waals surface area (Å²) in [7, 11) is 0. The Balaban J connectivity index is 1.55. The van der Waals surface area contributed by atoms with Gasteiger partial charge >= 0.3 is 0 Å². The van der Waals surface area contributed by atoms with Gasteiger partial charge in [-0.1, -0.05) is 65.1 Å². The summed E-state index contributed by atoms with van der Waals surface area (Å²) in [5.74, 6) is 0.767. The Labute approximate surface area is 173 Å². The van der Waals surface area contributed by atoms with Crippen LogP contribution in [0.2, 0.25) is 15.1 Å². The van der Waals surface area contributed by atoms with Crippen LogP contribution in [0.1, 0.15) is 16.7 Å². The van der Waals surface area contributed by atoms with Gasteiger partial charge in [-0.2, -0.15) is 5.10 Å². The molecule has 0 spiro atoms. The zero-order valence-electron chi connectivity index (χ0n) is 14.3. The molecule has 6 heteroatoms. The number of ether oxygens (including phenoxy) is 1. The quantitative estimate of drug-likeness (QED) is 0.357. The molecule has 3 nitrogen and oxygen atoms in total. The van der Waals surface area contributed by atoms with Crippen LogP contribution in [0.15, 0.2) is 71.8 Å². The Morgan fingerprint density at radius 3 is 2.33 bits per heavy atom. The van der Waals surface area contributed by atoms with Crippen LogP contribution >= 0.6 is 34.8 Å². The van der Waals surface area contributed by atoms with Crippen LogP contribution in [0, 0.1) is 0 Å². The normalized spacial score (nSPS) is 10.9. The van der Waals surface area contributed by atoms with Crippen LogP contribution in [0.5, 0.6) is 5.75 Å². The van der Waals surface area contributed by atoms with Gasteiger partial charge in [-0.25, -0.2) is 0 Å². The Morgan fingerprint density at radius 2 is 1.59 bits per heavy atom. The second-order valence-electron chi connectivity index (χ2n) is 5.78. The second kappa shape index (κ2) is 9.65. The Morgan fingerprint density at radius 1 is 0.889 bits per heavy atom. The van der Waals surface area contributed by atoms with Gasteiger partial charge in [0.25, 0.3) is 0 Å². The second-order valence-corrected chi connectivity index (χ2v) is 7.03. The summed E-state index contributed by atoms with van der Waals surface area (Å²) >= 11 is 18.2. The molecular weight excluding hydrogens is 403 g/mol. The molecule has 3 rings (SSSR count). The zero-order chi connectivity index (χ0) is 19.1. The van der Waals surface area contributed by atoms with E-state index >= 15 is 0 Å². The molecule has 27 heavy (non-hydrogen) atoms. The summed E-state index contributed by atoms with van der Waals surface area (Å²) in [6.07, 6.45) is 1.72. The number of halogens is 3. The first-order valence-electron chi connectivity index (χ1n) is 8.28. The number of hydrazone groups is 1. The van der Waals surface area contributed by atoms with Crippen LogP contribution in [-0.2, 0) is 13.2 Å². The first-order chi connectivity index (χ1) is 13.1. The Kier molecular flexibility index (Phi) is 6.99. The van der Waals surface area contributed by atoms with Crippen molar-refractivity contribution >= 4 is 41.0 Å². The standard InChI is InChI=1S/C21H17Cl3N2O/c22-17-9-7-15(8-10-17)14-27-18-4-1-3-16(11-18)12-25-26-13-19-20(23)5-2-6-21(19)24/h1-12,26H,13-14H2/b25-12+. The number of rotatable bonds is 7. The number of benzene rings is 3. The highest BCUT2D eigenvalue weighted by atomic mass is 35.5. The van der Waals surface area contributed by atoms with Crippen LogP contribution in [0.3, 0.4) is 0 Å². The molecule has 3 aromatic carbocycles. The average Bonchev–Trinajstić information content (AvgIpc) is 2.67. The third-order valence-corrected chi connectivity index (χ3v) is 4.76. The fraction of sp³-hybridized carbons (Fsp3) is 0.0952. The van der Waals surface area contributed by atoms with Gasteiger partial charge in [0, 0.05) is 20.6 Å². The van der Waals surface area contributed by atoms with Crippen LogP contribution in [0.25, 0.3) is 0 Å². The molecule has 0 amide bonds. The van der Waals surface area contributed by atoms with Gasteiger partial charge in [-0.15, -0.1) is 0 Å². The summed E-state index contributed by atoms with van der Waals surface area (Å²) in [5.41, 5.74) is 5.75. The van der Waals surface area contributed by atoms with Gasteiger partial charge in [0.1, 0.15) is 12.4 Å². The van der Waals surface area contributed by atoms with E-state index in [1.54, 1.807) is 18.3 Å². The number of nitrogens with one attached hydrogen (secondary N) is 1. The van der Waals surface area contributed by atoms with E-state index in [4.69, 9.17) is 39.5 Å². The molecule has 0 aromatic heterocycles. The molecule has 0 saturated carbocycles. The third kappa shape index (κ3) is 5.90. The highest BCUT2D eigenvalue weighted by Crippen LogP contribution is 2.23. The average molecular weight is 420 g/mol. The lowest BCUT2D eigenvalue weighted by atomic mass is 10.2. The maximum Gasteiger partial charge on any atom is 0.120 e. The van der Waals surface area contributed by atoms with E-state index in [-0.39, 0.29) is 0 Å². The number of hydrogen-bond donors (Lipinski definition) is 1. The molecule has 3 aromatic rings. The predicted molar refractivity (Wildman–Crippen MR) is 113 cm³/mol. The Bertz CT molecular complexity index is 907. The molecule has 0 radical (unpaired) electrons. The van der Waals surface area contributed by atoms with Gasteiger partial charge in [0.05, 0.1) is 12.8 Å². The molecule has 0 aliphatic rings. The largest absolute Gasteiger partial charge is 0.489 e. The topological polar surface area (TPSA) is 33.6 Å². The molecule has 0 fully saturated rings. The van der Waals surface area contributed by atoms with Gasteiger partial charge in [-0.05, 0) is 47.5 Å². The maximum atomic E-state index is 6.14. The zero-order valence-corrected chi connectivity index (χ0v) is 16.6. The molecule has 0 unspecified atom stereocenters. The first-order valence-corrected chi connectivity index (χ1v) is 9.41. The van der Waals surface area contributed by atoms with Gasteiger partial charge in [0.15, 0.2) is 0 Å². The Hall–Kier alpha value is -2.20. The summed E-state index contributed by atoms with van der Waals surface area (Å²) in [5, 5.41) is 6.16. The first kappa shape index (κ1) is 19.6. The van der Waals surface area contributed by atoms with Crippen molar-refractivity contribution in [2.75, 3.05) is 0 Å². The van der Waals surface area contributed by atoms with Crippen molar-refractivity contribution in [2.24, 2.45) is 5.10 Å². The molecular formula is C21H17Cl3N2O. The highest BCUT2D eigenvalue weighted by molar-refractivity contribution is 6.36. The van der Waals surface area contributed by atoms with Crippen molar-refractivity contribution in [1.29, 1.82) is 0 Å².